The van der Waals surface area contributed by atoms with Crippen molar-refractivity contribution in [1.82, 2.24) is 10.2 Å². The third-order valence-electron chi connectivity index (χ3n) is 5.51. The summed E-state index contributed by atoms with van der Waals surface area (Å²) in [6.07, 6.45) is 0.669. The summed E-state index contributed by atoms with van der Waals surface area (Å²) in [6.45, 7) is 2.19. The van der Waals surface area contributed by atoms with E-state index < -0.39 is 6.04 Å². The fourth-order valence-corrected chi connectivity index (χ4v) is 4.97. The van der Waals surface area contributed by atoms with Crippen LogP contribution in [-0.2, 0) is 22.6 Å². The first-order valence-electron chi connectivity index (χ1n) is 11.1. The topological polar surface area (TPSA) is 49.4 Å². The Bertz CT molecular complexity index is 1090. The van der Waals surface area contributed by atoms with Crippen LogP contribution in [0.2, 0.25) is 10.0 Å². The van der Waals surface area contributed by atoms with Gasteiger partial charge in [0.25, 0.3) is 0 Å². The average Bonchev–Trinajstić information content (AvgIpc) is 2.84. The zero-order chi connectivity index (χ0) is 24.5. The number of thioether (sulfide) groups is 1. The number of hydrogen-bond donors (Lipinski definition) is 1. The van der Waals surface area contributed by atoms with Crippen LogP contribution in [0.15, 0.2) is 77.7 Å². The highest BCUT2D eigenvalue weighted by Crippen LogP contribution is 2.28. The maximum absolute atomic E-state index is 13.5. The molecule has 0 aliphatic heterocycles. The van der Waals surface area contributed by atoms with Gasteiger partial charge in [0.1, 0.15) is 6.04 Å². The summed E-state index contributed by atoms with van der Waals surface area (Å²) in [5, 5.41) is 3.65. The number of halogens is 2. The molecule has 1 N–H and O–H groups in total. The van der Waals surface area contributed by atoms with Crippen molar-refractivity contribution >= 4 is 46.8 Å². The zero-order valence-corrected chi connectivity index (χ0v) is 21.6. The predicted molar refractivity (Wildman–Crippen MR) is 142 cm³/mol. The first kappa shape index (κ1) is 26.1. The van der Waals surface area contributed by atoms with E-state index in [1.165, 1.54) is 5.56 Å². The van der Waals surface area contributed by atoms with Crippen molar-refractivity contribution in [3.63, 3.8) is 0 Å². The normalized spacial score (nSPS) is 11.6. The Kier molecular flexibility index (Phi) is 9.87. The number of aryl methyl sites for hydroxylation is 1. The molecule has 178 valence electrons. The molecule has 0 heterocycles. The van der Waals surface area contributed by atoms with Crippen molar-refractivity contribution < 1.29 is 9.59 Å². The predicted octanol–water partition coefficient (Wildman–Crippen LogP) is 6.17. The number of benzene rings is 3. The molecule has 1 atom stereocenters. The van der Waals surface area contributed by atoms with E-state index in [0.717, 1.165) is 10.5 Å². The number of rotatable bonds is 10. The molecule has 4 nitrogen and oxygen atoms in total. The highest BCUT2D eigenvalue weighted by Gasteiger charge is 2.30. The molecular weight excluding hydrogens is 487 g/mol. The van der Waals surface area contributed by atoms with Gasteiger partial charge in [0.2, 0.25) is 11.8 Å². The fraction of sp³-hybridized carbons (Fsp3) is 0.259. The van der Waals surface area contributed by atoms with E-state index in [9.17, 15) is 9.59 Å². The van der Waals surface area contributed by atoms with Crippen molar-refractivity contribution in [3.8, 4) is 0 Å². The molecule has 7 heteroatoms. The quantitative estimate of drug-likeness (QED) is 0.329. The number of likely N-dealkylation sites (N-methyl/N-ethyl adjacent to an activating group) is 1. The lowest BCUT2D eigenvalue weighted by Gasteiger charge is -2.31. The summed E-state index contributed by atoms with van der Waals surface area (Å²) in [6, 6.07) is 22.4. The Hall–Kier alpha value is -2.47. The van der Waals surface area contributed by atoms with Gasteiger partial charge in [-0.1, -0.05) is 77.3 Å². The molecule has 0 radical (unpaired) electrons. The zero-order valence-electron chi connectivity index (χ0n) is 19.3. The third-order valence-corrected chi connectivity index (χ3v) is 7.24. The van der Waals surface area contributed by atoms with Crippen molar-refractivity contribution in [2.45, 2.75) is 37.2 Å². The maximum atomic E-state index is 13.5. The average molecular weight is 516 g/mol. The van der Waals surface area contributed by atoms with Gasteiger partial charge in [-0.25, -0.2) is 0 Å². The molecule has 0 fully saturated rings. The minimum Gasteiger partial charge on any atom is -0.357 e. The van der Waals surface area contributed by atoms with Gasteiger partial charge in [-0.3, -0.25) is 9.59 Å². The van der Waals surface area contributed by atoms with Crippen LogP contribution in [0.3, 0.4) is 0 Å². The van der Waals surface area contributed by atoms with Crippen LogP contribution in [0.25, 0.3) is 0 Å². The molecule has 0 saturated carbocycles. The van der Waals surface area contributed by atoms with E-state index in [1.54, 1.807) is 41.9 Å². The molecule has 0 saturated heterocycles. The Labute approximate surface area is 215 Å². The van der Waals surface area contributed by atoms with Crippen LogP contribution >= 0.6 is 35.0 Å². The largest absolute Gasteiger partial charge is 0.357 e. The molecule has 0 aromatic heterocycles. The van der Waals surface area contributed by atoms with Crippen LogP contribution in [0.1, 0.15) is 23.1 Å². The molecule has 34 heavy (non-hydrogen) atoms. The van der Waals surface area contributed by atoms with Crippen LogP contribution in [-0.4, -0.2) is 35.6 Å². The first-order chi connectivity index (χ1) is 16.4. The van der Waals surface area contributed by atoms with Crippen molar-refractivity contribution in [3.05, 3.63) is 99.5 Å². The Morgan fingerprint density at radius 1 is 0.941 bits per heavy atom. The van der Waals surface area contributed by atoms with Crippen LogP contribution < -0.4 is 5.32 Å². The molecular formula is C27H28Cl2N2O2S. The lowest BCUT2D eigenvalue weighted by Crippen LogP contribution is -2.49. The Morgan fingerprint density at radius 3 is 2.21 bits per heavy atom. The monoisotopic (exact) mass is 514 g/mol. The van der Waals surface area contributed by atoms with E-state index in [1.807, 2.05) is 37.3 Å². The van der Waals surface area contributed by atoms with E-state index >= 15 is 0 Å². The minimum absolute atomic E-state index is 0.125. The van der Waals surface area contributed by atoms with Crippen molar-refractivity contribution in [2.24, 2.45) is 0 Å². The number of nitrogens with one attached hydrogen (secondary N) is 1. The van der Waals surface area contributed by atoms with E-state index in [0.29, 0.717) is 27.8 Å². The SMILES string of the molecule is CNC(=O)[C@H](Cc1ccccc1)N(Cc1c(Cl)cccc1Cl)C(=O)CCSc1ccc(C)cc1. The highest BCUT2D eigenvalue weighted by molar-refractivity contribution is 7.99. The fourth-order valence-electron chi connectivity index (χ4n) is 3.61. The lowest BCUT2D eigenvalue weighted by atomic mass is 10.0. The Morgan fingerprint density at radius 2 is 1.59 bits per heavy atom. The molecule has 2 amide bonds. The van der Waals surface area contributed by atoms with Crippen molar-refractivity contribution in [2.75, 3.05) is 12.8 Å². The molecule has 0 spiro atoms. The van der Waals surface area contributed by atoms with E-state index in [2.05, 4.69) is 29.6 Å². The summed E-state index contributed by atoms with van der Waals surface area (Å²) in [5.41, 5.74) is 2.79. The minimum atomic E-state index is -0.698. The van der Waals surface area contributed by atoms with Gasteiger partial charge < -0.3 is 10.2 Å². The van der Waals surface area contributed by atoms with Gasteiger partial charge in [0, 0.05) is 52.7 Å². The van der Waals surface area contributed by atoms with Gasteiger partial charge in [0.15, 0.2) is 0 Å². The van der Waals surface area contributed by atoms with E-state index in [4.69, 9.17) is 23.2 Å². The molecule has 3 rings (SSSR count). The highest BCUT2D eigenvalue weighted by atomic mass is 35.5. The second-order valence-electron chi connectivity index (χ2n) is 7.95. The van der Waals surface area contributed by atoms with Gasteiger partial charge in [0.05, 0.1) is 0 Å². The van der Waals surface area contributed by atoms with Crippen LogP contribution in [0, 0.1) is 6.92 Å². The molecule has 0 unspecified atom stereocenters. The third kappa shape index (κ3) is 7.26. The molecule has 3 aromatic rings. The molecule has 0 bridgehead atoms. The summed E-state index contributed by atoms with van der Waals surface area (Å²) in [4.78, 5) is 29.2. The Balaban J connectivity index is 1.85. The maximum Gasteiger partial charge on any atom is 0.242 e. The van der Waals surface area contributed by atoms with Crippen LogP contribution in [0.4, 0.5) is 0 Å². The second kappa shape index (κ2) is 12.8. The summed E-state index contributed by atoms with van der Waals surface area (Å²) in [7, 11) is 1.58. The van der Waals surface area contributed by atoms with Crippen molar-refractivity contribution in [1.29, 1.82) is 0 Å². The number of hydrogen-bond acceptors (Lipinski definition) is 3. The number of amides is 2. The number of carbonyl (C=O) groups excluding carboxylic acids is 2. The summed E-state index contributed by atoms with van der Waals surface area (Å²) < 4.78 is 0. The van der Waals surface area contributed by atoms with Gasteiger partial charge in [-0.05, 0) is 36.8 Å². The first-order valence-corrected chi connectivity index (χ1v) is 12.8. The summed E-state index contributed by atoms with van der Waals surface area (Å²) >= 11 is 14.5. The lowest BCUT2D eigenvalue weighted by molar-refractivity contribution is -0.140. The standard InChI is InChI=1S/C27H28Cl2N2O2S/c1-19-11-13-21(14-12-19)34-16-15-26(32)31(18-22-23(28)9-6-10-24(22)29)25(27(33)30-2)17-20-7-4-3-5-8-20/h3-14,25H,15-18H2,1-2H3,(H,30,33)/t25-/m0/s1. The second-order valence-corrected chi connectivity index (χ2v) is 9.94. The molecule has 3 aromatic carbocycles. The molecule has 0 aliphatic rings. The number of nitrogens with zero attached hydrogens (tertiary/aromatic N) is 1. The van der Waals surface area contributed by atoms with Gasteiger partial charge >= 0.3 is 0 Å². The number of carbonyl (C=O) groups is 2. The van der Waals surface area contributed by atoms with Gasteiger partial charge in [-0.2, -0.15) is 0 Å². The van der Waals surface area contributed by atoms with Gasteiger partial charge in [-0.15, -0.1) is 11.8 Å². The summed E-state index contributed by atoms with van der Waals surface area (Å²) in [5.74, 6) is 0.243. The molecule has 0 aliphatic carbocycles. The van der Waals surface area contributed by atoms with E-state index in [-0.39, 0.29) is 24.8 Å². The van der Waals surface area contributed by atoms with Crippen LogP contribution in [0.5, 0.6) is 0 Å². The smallest absolute Gasteiger partial charge is 0.242 e.